The number of rotatable bonds is 3. The number of aryl methyl sites for hydroxylation is 1. The van der Waals surface area contributed by atoms with E-state index in [-0.39, 0.29) is 0 Å². The lowest BCUT2D eigenvalue weighted by atomic mass is 9.88. The van der Waals surface area contributed by atoms with Gasteiger partial charge in [-0.3, -0.25) is 0 Å². The molecule has 2 rings (SSSR count). The first kappa shape index (κ1) is 12.0. The predicted octanol–water partition coefficient (Wildman–Crippen LogP) is 2.00. The Morgan fingerprint density at radius 1 is 1.47 bits per heavy atom. The molecule has 5 heteroatoms. The van der Waals surface area contributed by atoms with Crippen molar-refractivity contribution < 1.29 is 4.74 Å². The normalized spacial score (nSPS) is 18.4. The van der Waals surface area contributed by atoms with Crippen LogP contribution in [0.2, 0.25) is 0 Å². The molecule has 5 nitrogen and oxygen atoms in total. The monoisotopic (exact) mass is 236 g/mol. The maximum Gasteiger partial charge on any atom is 0.213 e. The number of amidine groups is 1. The van der Waals surface area contributed by atoms with Gasteiger partial charge in [0, 0.05) is 19.0 Å². The minimum absolute atomic E-state index is 0.428. The lowest BCUT2D eigenvalue weighted by molar-refractivity contribution is 0.373. The average molecular weight is 236 g/mol. The molecule has 1 aliphatic rings. The molecular formula is C12H20N4O. The summed E-state index contributed by atoms with van der Waals surface area (Å²) in [4.78, 5) is 4.39. The average Bonchev–Trinajstić information content (AvgIpc) is 2.70. The van der Waals surface area contributed by atoms with E-state index < -0.39 is 0 Å². The van der Waals surface area contributed by atoms with E-state index in [0.717, 1.165) is 12.8 Å². The first-order valence-electron chi connectivity index (χ1n) is 6.13. The Labute approximate surface area is 102 Å². The van der Waals surface area contributed by atoms with Crippen molar-refractivity contribution in [2.45, 2.75) is 32.1 Å². The standard InChI is InChI=1S/C12H20N4O/c1-16-11(17-2)8-10(15-16)14-12(13)9-6-4-3-5-7-9/h8-9H,3-7H2,1-2H3,(H2,13,14,15). The van der Waals surface area contributed by atoms with E-state index in [1.165, 1.54) is 19.3 Å². The van der Waals surface area contributed by atoms with Gasteiger partial charge in [-0.2, -0.15) is 0 Å². The van der Waals surface area contributed by atoms with Crippen molar-refractivity contribution in [3.8, 4) is 5.88 Å². The van der Waals surface area contributed by atoms with Gasteiger partial charge >= 0.3 is 0 Å². The number of ether oxygens (including phenoxy) is 1. The number of hydrogen-bond acceptors (Lipinski definition) is 3. The summed E-state index contributed by atoms with van der Waals surface area (Å²) in [6.45, 7) is 0. The largest absolute Gasteiger partial charge is 0.481 e. The van der Waals surface area contributed by atoms with Crippen molar-refractivity contribution in [1.82, 2.24) is 9.78 Å². The van der Waals surface area contributed by atoms with Gasteiger partial charge in [0.1, 0.15) is 5.84 Å². The van der Waals surface area contributed by atoms with Crippen LogP contribution in [0.5, 0.6) is 5.88 Å². The first-order valence-corrected chi connectivity index (χ1v) is 6.13. The van der Waals surface area contributed by atoms with Gasteiger partial charge < -0.3 is 10.5 Å². The van der Waals surface area contributed by atoms with Crippen LogP contribution in [0, 0.1) is 5.92 Å². The highest BCUT2D eigenvalue weighted by atomic mass is 16.5. The van der Waals surface area contributed by atoms with E-state index in [1.54, 1.807) is 17.9 Å². The third-order valence-electron chi connectivity index (χ3n) is 3.30. The number of aliphatic imine (C=N–C) groups is 1. The molecule has 94 valence electrons. The van der Waals surface area contributed by atoms with E-state index in [9.17, 15) is 0 Å². The fourth-order valence-corrected chi connectivity index (χ4v) is 2.30. The third-order valence-corrected chi connectivity index (χ3v) is 3.30. The van der Waals surface area contributed by atoms with E-state index in [4.69, 9.17) is 10.5 Å². The number of nitrogens with zero attached hydrogens (tertiary/aromatic N) is 3. The number of nitrogens with two attached hydrogens (primary N) is 1. The van der Waals surface area contributed by atoms with Crippen molar-refractivity contribution >= 4 is 11.7 Å². The molecule has 0 spiro atoms. The maximum absolute atomic E-state index is 6.04. The predicted molar refractivity (Wildman–Crippen MR) is 67.6 cm³/mol. The molecule has 0 aromatic carbocycles. The van der Waals surface area contributed by atoms with Gasteiger partial charge in [0.05, 0.1) is 7.11 Å². The van der Waals surface area contributed by atoms with Crippen molar-refractivity contribution in [3.63, 3.8) is 0 Å². The second-order valence-corrected chi connectivity index (χ2v) is 4.54. The molecule has 1 aromatic rings. The van der Waals surface area contributed by atoms with Crippen molar-refractivity contribution in [2.75, 3.05) is 7.11 Å². The van der Waals surface area contributed by atoms with Crippen LogP contribution < -0.4 is 10.5 Å². The van der Waals surface area contributed by atoms with Crippen LogP contribution in [0.1, 0.15) is 32.1 Å². The number of aromatic nitrogens is 2. The Kier molecular flexibility index (Phi) is 3.66. The molecule has 1 fully saturated rings. The summed E-state index contributed by atoms with van der Waals surface area (Å²) in [5.74, 6) is 2.47. The summed E-state index contributed by atoms with van der Waals surface area (Å²) in [6, 6.07) is 1.80. The topological polar surface area (TPSA) is 65.4 Å². The van der Waals surface area contributed by atoms with E-state index >= 15 is 0 Å². The quantitative estimate of drug-likeness (QED) is 0.644. The highest BCUT2D eigenvalue weighted by Gasteiger charge is 2.17. The smallest absolute Gasteiger partial charge is 0.213 e. The van der Waals surface area contributed by atoms with Crippen molar-refractivity contribution in [2.24, 2.45) is 23.7 Å². The lowest BCUT2D eigenvalue weighted by Gasteiger charge is -2.20. The van der Waals surface area contributed by atoms with Gasteiger partial charge in [-0.05, 0) is 12.8 Å². The Hall–Kier alpha value is -1.52. The molecular weight excluding hydrogens is 216 g/mol. The SMILES string of the molecule is COc1cc(N=C(N)C2CCCCC2)nn1C. The molecule has 0 bridgehead atoms. The van der Waals surface area contributed by atoms with Gasteiger partial charge in [-0.15, -0.1) is 5.10 Å². The molecule has 0 radical (unpaired) electrons. The Morgan fingerprint density at radius 2 is 2.18 bits per heavy atom. The summed E-state index contributed by atoms with van der Waals surface area (Å²) in [7, 11) is 3.45. The van der Waals surface area contributed by atoms with Crippen molar-refractivity contribution in [3.05, 3.63) is 6.07 Å². The van der Waals surface area contributed by atoms with Gasteiger partial charge in [0.15, 0.2) is 5.82 Å². The van der Waals surface area contributed by atoms with Crippen LogP contribution in [-0.2, 0) is 7.05 Å². The Balaban J connectivity index is 2.10. The number of hydrogen-bond donors (Lipinski definition) is 1. The molecule has 0 atom stereocenters. The zero-order valence-corrected chi connectivity index (χ0v) is 10.5. The fraction of sp³-hybridized carbons (Fsp3) is 0.667. The van der Waals surface area contributed by atoms with Crippen LogP contribution in [0.15, 0.2) is 11.1 Å². The molecule has 1 saturated carbocycles. The third kappa shape index (κ3) is 2.78. The van der Waals surface area contributed by atoms with Crippen LogP contribution in [0.25, 0.3) is 0 Å². The van der Waals surface area contributed by atoms with E-state index in [0.29, 0.717) is 23.5 Å². The second kappa shape index (κ2) is 5.21. The summed E-state index contributed by atoms with van der Waals surface area (Å²) >= 11 is 0. The maximum atomic E-state index is 6.04. The molecule has 1 heterocycles. The molecule has 1 aromatic heterocycles. The van der Waals surface area contributed by atoms with E-state index in [2.05, 4.69) is 10.1 Å². The lowest BCUT2D eigenvalue weighted by Crippen LogP contribution is -2.25. The molecule has 1 aliphatic carbocycles. The first-order chi connectivity index (χ1) is 8.20. The molecule has 0 amide bonds. The van der Waals surface area contributed by atoms with Crippen LogP contribution >= 0.6 is 0 Å². The van der Waals surface area contributed by atoms with Crippen LogP contribution in [-0.4, -0.2) is 22.7 Å². The van der Waals surface area contributed by atoms with Crippen LogP contribution in [0.3, 0.4) is 0 Å². The zero-order chi connectivity index (χ0) is 12.3. The highest BCUT2D eigenvalue weighted by Crippen LogP contribution is 2.25. The summed E-state index contributed by atoms with van der Waals surface area (Å²) < 4.78 is 6.80. The summed E-state index contributed by atoms with van der Waals surface area (Å²) in [5.41, 5.74) is 6.04. The minimum atomic E-state index is 0.428. The summed E-state index contributed by atoms with van der Waals surface area (Å²) in [5, 5.41) is 4.24. The molecule has 0 saturated heterocycles. The fourth-order valence-electron chi connectivity index (χ4n) is 2.30. The zero-order valence-electron chi connectivity index (χ0n) is 10.5. The van der Waals surface area contributed by atoms with Crippen LogP contribution in [0.4, 0.5) is 5.82 Å². The molecule has 2 N–H and O–H groups in total. The Bertz CT molecular complexity index is 405. The Morgan fingerprint density at radius 3 is 2.76 bits per heavy atom. The van der Waals surface area contributed by atoms with Crippen molar-refractivity contribution in [1.29, 1.82) is 0 Å². The van der Waals surface area contributed by atoms with Gasteiger partial charge in [-0.1, -0.05) is 19.3 Å². The molecule has 0 aliphatic heterocycles. The molecule has 0 unspecified atom stereocenters. The van der Waals surface area contributed by atoms with Gasteiger partial charge in [0.2, 0.25) is 5.88 Å². The van der Waals surface area contributed by atoms with E-state index in [1.807, 2.05) is 7.05 Å². The van der Waals surface area contributed by atoms with Gasteiger partial charge in [0.25, 0.3) is 0 Å². The molecule has 17 heavy (non-hydrogen) atoms. The highest BCUT2D eigenvalue weighted by molar-refractivity contribution is 5.85. The minimum Gasteiger partial charge on any atom is -0.481 e. The second-order valence-electron chi connectivity index (χ2n) is 4.54. The number of methoxy groups -OCH3 is 1. The summed E-state index contributed by atoms with van der Waals surface area (Å²) in [6.07, 6.45) is 6.14. The van der Waals surface area contributed by atoms with Gasteiger partial charge in [-0.25, -0.2) is 9.67 Å².